The van der Waals surface area contributed by atoms with Crippen molar-refractivity contribution in [1.82, 2.24) is 14.7 Å². The number of carbonyl (C=O) groups is 2. The molecule has 186 valence electrons. The summed E-state index contributed by atoms with van der Waals surface area (Å²) >= 11 is 0. The number of amides is 1. The van der Waals surface area contributed by atoms with Gasteiger partial charge in [-0.1, -0.05) is 78.9 Å². The Morgan fingerprint density at radius 3 is 2.24 bits per heavy atom. The van der Waals surface area contributed by atoms with Gasteiger partial charge in [0.15, 0.2) is 0 Å². The second-order valence-electron chi connectivity index (χ2n) is 8.94. The van der Waals surface area contributed by atoms with Gasteiger partial charge >= 0.3 is 5.97 Å². The van der Waals surface area contributed by atoms with Crippen LogP contribution in [0.4, 0.5) is 4.39 Å². The number of halogens is 1. The number of aromatic nitrogens is 2. The van der Waals surface area contributed by atoms with E-state index in [1.54, 1.807) is 47.3 Å². The summed E-state index contributed by atoms with van der Waals surface area (Å²) in [5.41, 5.74) is 4.10. The van der Waals surface area contributed by atoms with Crippen molar-refractivity contribution >= 4 is 11.9 Å². The van der Waals surface area contributed by atoms with Crippen LogP contribution in [0.1, 0.15) is 38.1 Å². The summed E-state index contributed by atoms with van der Waals surface area (Å²) in [4.78, 5) is 28.5. The number of hydrogen-bond acceptors (Lipinski definition) is 4. The van der Waals surface area contributed by atoms with Crippen molar-refractivity contribution in [2.75, 3.05) is 0 Å². The zero-order valence-electron chi connectivity index (χ0n) is 20.2. The average molecular weight is 504 g/mol. The largest absolute Gasteiger partial charge is 0.433 e. The van der Waals surface area contributed by atoms with Crippen molar-refractivity contribution in [1.29, 1.82) is 0 Å². The molecule has 0 spiro atoms. The highest BCUT2D eigenvalue weighted by Crippen LogP contribution is 2.37. The number of hydrogen-bond donors (Lipinski definition) is 0. The molecular weight excluding hydrogens is 481 g/mol. The van der Waals surface area contributed by atoms with E-state index in [1.807, 2.05) is 60.7 Å². The lowest BCUT2D eigenvalue weighted by atomic mass is 10.1. The predicted molar refractivity (Wildman–Crippen MR) is 140 cm³/mol. The van der Waals surface area contributed by atoms with E-state index >= 15 is 0 Å². The Morgan fingerprint density at radius 2 is 1.50 bits per heavy atom. The fraction of sp³-hybridized carbons (Fsp3) is 0.0645. The number of nitrogens with zero attached hydrogens (tertiary/aromatic N) is 3. The van der Waals surface area contributed by atoms with Crippen LogP contribution in [-0.4, -0.2) is 26.6 Å². The van der Waals surface area contributed by atoms with Crippen molar-refractivity contribution in [2.45, 2.75) is 12.8 Å². The zero-order chi connectivity index (χ0) is 26.1. The van der Waals surface area contributed by atoms with Gasteiger partial charge in [0.1, 0.15) is 17.1 Å². The van der Waals surface area contributed by atoms with Crippen LogP contribution in [0.25, 0.3) is 16.9 Å². The molecule has 1 unspecified atom stereocenters. The van der Waals surface area contributed by atoms with Gasteiger partial charge in [-0.25, -0.2) is 13.9 Å². The summed E-state index contributed by atoms with van der Waals surface area (Å²) in [7, 11) is 0. The van der Waals surface area contributed by atoms with Gasteiger partial charge in [-0.15, -0.1) is 0 Å². The predicted octanol–water partition coefficient (Wildman–Crippen LogP) is 6.19. The van der Waals surface area contributed by atoms with Crippen LogP contribution in [0.3, 0.4) is 0 Å². The maximum Gasteiger partial charge on any atom is 0.344 e. The third-order valence-electron chi connectivity index (χ3n) is 6.49. The molecule has 1 aliphatic heterocycles. The molecule has 0 bridgehead atoms. The highest BCUT2D eigenvalue weighted by molar-refractivity contribution is 6.00. The second kappa shape index (κ2) is 9.78. The number of para-hydroxylation sites is 1. The SMILES string of the molecule is O=C(OC1c2ccccc2C(=O)N1Cc1ccc(F)cc1)c1cn(-c2ccccc2)nc1-c1ccccc1. The molecule has 0 N–H and O–H groups in total. The summed E-state index contributed by atoms with van der Waals surface area (Å²) in [5.74, 6) is -1.23. The van der Waals surface area contributed by atoms with Gasteiger partial charge in [0.05, 0.1) is 5.69 Å². The van der Waals surface area contributed by atoms with Crippen molar-refractivity contribution in [2.24, 2.45) is 0 Å². The van der Waals surface area contributed by atoms with E-state index in [-0.39, 0.29) is 23.8 Å². The number of fused-ring (bicyclic) bond motifs is 1. The molecular formula is C31H22FN3O3. The van der Waals surface area contributed by atoms with Crippen molar-refractivity contribution < 1.29 is 18.7 Å². The topological polar surface area (TPSA) is 64.4 Å². The standard InChI is InChI=1S/C31H22FN3O3/c32-23-17-15-21(16-18-23)19-34-29(36)25-13-7-8-14-26(25)30(34)38-31(37)27-20-35(24-11-5-2-6-12-24)33-28(27)22-9-3-1-4-10-22/h1-18,20,30H,19H2. The minimum atomic E-state index is -0.944. The molecule has 1 aliphatic rings. The first kappa shape index (κ1) is 23.4. The number of carbonyl (C=O) groups excluding carboxylic acids is 2. The van der Waals surface area contributed by atoms with Gasteiger partial charge in [0, 0.05) is 29.4 Å². The van der Waals surface area contributed by atoms with Crippen molar-refractivity contribution in [3.05, 3.63) is 143 Å². The van der Waals surface area contributed by atoms with Gasteiger partial charge in [-0.3, -0.25) is 9.69 Å². The molecule has 6 rings (SSSR count). The van der Waals surface area contributed by atoms with Gasteiger partial charge in [0.25, 0.3) is 5.91 Å². The van der Waals surface area contributed by atoms with Crippen LogP contribution >= 0.6 is 0 Å². The summed E-state index contributed by atoms with van der Waals surface area (Å²) in [5, 5.41) is 4.70. The Bertz CT molecular complexity index is 1620. The Hall–Kier alpha value is -5.04. The van der Waals surface area contributed by atoms with Gasteiger partial charge in [0.2, 0.25) is 6.23 Å². The Kier molecular flexibility index (Phi) is 6.01. The summed E-state index contributed by atoms with van der Waals surface area (Å²) in [6.07, 6.45) is 0.701. The first-order valence-electron chi connectivity index (χ1n) is 12.1. The average Bonchev–Trinajstić information content (AvgIpc) is 3.52. The second-order valence-corrected chi connectivity index (χ2v) is 8.94. The molecule has 38 heavy (non-hydrogen) atoms. The molecule has 4 aromatic carbocycles. The molecule has 0 saturated heterocycles. The van der Waals surface area contributed by atoms with E-state index in [2.05, 4.69) is 0 Å². The molecule has 1 amide bonds. The molecule has 6 nitrogen and oxygen atoms in total. The number of benzene rings is 4. The Balaban J connectivity index is 1.38. The van der Waals surface area contributed by atoms with E-state index in [0.29, 0.717) is 16.8 Å². The molecule has 0 saturated carbocycles. The zero-order valence-corrected chi connectivity index (χ0v) is 20.2. The van der Waals surface area contributed by atoms with E-state index < -0.39 is 12.2 Å². The van der Waals surface area contributed by atoms with Crippen LogP contribution in [0.5, 0.6) is 0 Å². The van der Waals surface area contributed by atoms with E-state index in [9.17, 15) is 14.0 Å². The lowest BCUT2D eigenvalue weighted by molar-refractivity contribution is -0.0211. The minimum absolute atomic E-state index is 0.153. The monoisotopic (exact) mass is 503 g/mol. The molecule has 1 aromatic heterocycles. The molecule has 0 aliphatic carbocycles. The number of rotatable bonds is 6. The smallest absolute Gasteiger partial charge is 0.344 e. The fourth-order valence-corrected chi connectivity index (χ4v) is 4.61. The third kappa shape index (κ3) is 4.35. The third-order valence-corrected chi connectivity index (χ3v) is 6.49. The van der Waals surface area contributed by atoms with Crippen LogP contribution in [0.15, 0.2) is 115 Å². The molecule has 1 atom stereocenters. The van der Waals surface area contributed by atoms with Crippen molar-refractivity contribution in [3.63, 3.8) is 0 Å². The number of ether oxygens (including phenoxy) is 1. The van der Waals surface area contributed by atoms with E-state index in [0.717, 1.165) is 16.8 Å². The summed E-state index contributed by atoms with van der Waals surface area (Å²) in [6.45, 7) is 0.153. The molecule has 5 aromatic rings. The fourth-order valence-electron chi connectivity index (χ4n) is 4.61. The van der Waals surface area contributed by atoms with Crippen LogP contribution in [-0.2, 0) is 11.3 Å². The van der Waals surface area contributed by atoms with Crippen LogP contribution in [0, 0.1) is 5.82 Å². The molecule has 7 heteroatoms. The van der Waals surface area contributed by atoms with Crippen molar-refractivity contribution in [3.8, 4) is 16.9 Å². The number of esters is 1. The van der Waals surface area contributed by atoms with E-state index in [1.165, 1.54) is 17.0 Å². The van der Waals surface area contributed by atoms with Crippen LogP contribution in [0.2, 0.25) is 0 Å². The van der Waals surface area contributed by atoms with Gasteiger partial charge < -0.3 is 4.74 Å². The maximum atomic E-state index is 13.7. The highest BCUT2D eigenvalue weighted by Gasteiger charge is 2.39. The molecule has 0 fully saturated rings. The van der Waals surface area contributed by atoms with Gasteiger partial charge in [-0.2, -0.15) is 5.10 Å². The minimum Gasteiger partial charge on any atom is -0.433 e. The van der Waals surface area contributed by atoms with Gasteiger partial charge in [-0.05, 0) is 35.9 Å². The Morgan fingerprint density at radius 1 is 0.842 bits per heavy atom. The summed E-state index contributed by atoms with van der Waals surface area (Å²) < 4.78 is 21.2. The Labute approximate surface area is 218 Å². The lowest BCUT2D eigenvalue weighted by Gasteiger charge is -2.25. The first-order valence-corrected chi connectivity index (χ1v) is 12.1. The van der Waals surface area contributed by atoms with Crippen LogP contribution < -0.4 is 0 Å². The van der Waals surface area contributed by atoms with E-state index in [4.69, 9.17) is 9.84 Å². The quantitative estimate of drug-likeness (QED) is 0.259. The first-order chi connectivity index (χ1) is 18.6. The molecule has 2 heterocycles. The lowest BCUT2D eigenvalue weighted by Crippen LogP contribution is -2.30. The maximum absolute atomic E-state index is 13.7. The molecule has 0 radical (unpaired) electrons. The normalized spacial score (nSPS) is 14.4. The highest BCUT2D eigenvalue weighted by atomic mass is 19.1. The summed E-state index contributed by atoms with van der Waals surface area (Å²) in [6, 6.07) is 31.9.